The van der Waals surface area contributed by atoms with E-state index in [-0.39, 0.29) is 18.0 Å². The van der Waals surface area contributed by atoms with Gasteiger partial charge in [0.1, 0.15) is 6.61 Å². The summed E-state index contributed by atoms with van der Waals surface area (Å²) in [7, 11) is -3.62. The molecule has 1 amide bonds. The highest BCUT2D eigenvalue weighted by Crippen LogP contribution is 2.28. The van der Waals surface area contributed by atoms with E-state index in [0.717, 1.165) is 30.6 Å². The lowest BCUT2D eigenvalue weighted by Crippen LogP contribution is -2.30. The molecule has 0 atom stereocenters. The fourth-order valence-electron chi connectivity index (χ4n) is 2.13. The maximum atomic E-state index is 12.2. The zero-order chi connectivity index (χ0) is 14.6. The smallest absolute Gasteiger partial charge is 0.404 e. The zero-order valence-electron chi connectivity index (χ0n) is 10.9. The number of hydrogen-bond donors (Lipinski definition) is 3. The summed E-state index contributed by atoms with van der Waals surface area (Å²) >= 11 is 0. The summed E-state index contributed by atoms with van der Waals surface area (Å²) in [5, 5.41) is 3.18. The number of rotatable bonds is 5. The summed E-state index contributed by atoms with van der Waals surface area (Å²) in [6, 6.07) is 5.14. The molecule has 110 valence electrons. The minimum Gasteiger partial charge on any atom is -0.448 e. The molecule has 0 fully saturated rings. The maximum Gasteiger partial charge on any atom is 0.404 e. The molecule has 0 unspecified atom stereocenters. The number of hydrogen-bond acceptors (Lipinski definition) is 5. The molecule has 4 N–H and O–H groups in total. The van der Waals surface area contributed by atoms with Gasteiger partial charge in [-0.1, -0.05) is 6.07 Å². The van der Waals surface area contributed by atoms with E-state index in [2.05, 4.69) is 14.8 Å². The first-order valence-corrected chi connectivity index (χ1v) is 7.77. The number of benzene rings is 1. The van der Waals surface area contributed by atoms with Crippen molar-refractivity contribution in [2.75, 3.05) is 25.0 Å². The second-order valence-electron chi connectivity index (χ2n) is 4.38. The fourth-order valence-corrected chi connectivity index (χ4v) is 3.44. The van der Waals surface area contributed by atoms with Crippen molar-refractivity contribution < 1.29 is 17.9 Å². The Hall–Kier alpha value is -1.80. The molecule has 1 aromatic carbocycles. The van der Waals surface area contributed by atoms with Crippen LogP contribution in [-0.2, 0) is 21.2 Å². The van der Waals surface area contributed by atoms with Gasteiger partial charge in [0.15, 0.2) is 0 Å². The molecule has 1 aromatic rings. The molecule has 1 heterocycles. The quantitative estimate of drug-likeness (QED) is 0.682. The highest BCUT2D eigenvalue weighted by atomic mass is 32.2. The van der Waals surface area contributed by atoms with E-state index < -0.39 is 16.1 Å². The van der Waals surface area contributed by atoms with Crippen LogP contribution in [0.1, 0.15) is 12.0 Å². The van der Waals surface area contributed by atoms with E-state index in [1.54, 1.807) is 12.1 Å². The second-order valence-corrected chi connectivity index (χ2v) is 6.11. The van der Waals surface area contributed by atoms with Crippen molar-refractivity contribution in [2.24, 2.45) is 5.73 Å². The number of primary amides is 1. The molecule has 20 heavy (non-hydrogen) atoms. The van der Waals surface area contributed by atoms with E-state index in [4.69, 9.17) is 5.73 Å². The van der Waals surface area contributed by atoms with Crippen LogP contribution in [0.5, 0.6) is 0 Å². The molecule has 0 saturated heterocycles. The second kappa shape index (κ2) is 6.10. The van der Waals surface area contributed by atoms with E-state index in [9.17, 15) is 13.2 Å². The molecule has 0 spiro atoms. The SMILES string of the molecule is NC(=O)OCCNS(=O)(=O)c1cccc2c1CCCN2. The van der Waals surface area contributed by atoms with Crippen molar-refractivity contribution in [3.05, 3.63) is 23.8 Å². The molecule has 1 aliphatic rings. The van der Waals surface area contributed by atoms with Crippen LogP contribution in [0, 0.1) is 0 Å². The number of carbonyl (C=O) groups is 1. The van der Waals surface area contributed by atoms with Gasteiger partial charge in [-0.15, -0.1) is 0 Å². The average Bonchev–Trinajstić information content (AvgIpc) is 2.43. The van der Waals surface area contributed by atoms with Crippen LogP contribution < -0.4 is 15.8 Å². The van der Waals surface area contributed by atoms with E-state index in [1.807, 2.05) is 6.07 Å². The molecule has 0 aliphatic carbocycles. The Kier molecular flexibility index (Phi) is 4.46. The third-order valence-corrected chi connectivity index (χ3v) is 4.53. The van der Waals surface area contributed by atoms with Gasteiger partial charge in [0.25, 0.3) is 0 Å². The van der Waals surface area contributed by atoms with Gasteiger partial charge in [-0.2, -0.15) is 0 Å². The minimum atomic E-state index is -3.62. The Labute approximate surface area is 117 Å². The van der Waals surface area contributed by atoms with Gasteiger partial charge in [-0.25, -0.2) is 17.9 Å². The van der Waals surface area contributed by atoms with Crippen LogP contribution in [0.2, 0.25) is 0 Å². The van der Waals surface area contributed by atoms with Crippen molar-refractivity contribution in [3.63, 3.8) is 0 Å². The predicted molar refractivity (Wildman–Crippen MR) is 74.0 cm³/mol. The Morgan fingerprint density at radius 3 is 3.00 bits per heavy atom. The standard InChI is InChI=1S/C12H17N3O4S/c13-12(16)19-8-7-15-20(17,18)11-5-1-4-10-9(11)3-2-6-14-10/h1,4-5,14-15H,2-3,6-8H2,(H2,13,16). The first-order chi connectivity index (χ1) is 9.50. The fraction of sp³-hybridized carbons (Fsp3) is 0.417. The van der Waals surface area contributed by atoms with E-state index in [1.165, 1.54) is 0 Å². The lowest BCUT2D eigenvalue weighted by molar-refractivity contribution is 0.159. The number of sulfonamides is 1. The van der Waals surface area contributed by atoms with Crippen LogP contribution >= 0.6 is 0 Å². The third-order valence-electron chi connectivity index (χ3n) is 2.98. The van der Waals surface area contributed by atoms with Gasteiger partial charge < -0.3 is 15.8 Å². The molecular formula is C12H17N3O4S. The highest BCUT2D eigenvalue weighted by Gasteiger charge is 2.21. The van der Waals surface area contributed by atoms with Crippen LogP contribution in [0.4, 0.5) is 10.5 Å². The average molecular weight is 299 g/mol. The molecule has 0 aromatic heterocycles. The summed E-state index contributed by atoms with van der Waals surface area (Å²) in [6.45, 7) is 0.737. The number of amides is 1. The predicted octanol–water partition coefficient (Wildman–Crippen LogP) is 0.418. The number of ether oxygens (including phenoxy) is 1. The largest absolute Gasteiger partial charge is 0.448 e. The summed E-state index contributed by atoms with van der Waals surface area (Å²) in [6.07, 6.45) is 0.687. The summed E-state index contributed by atoms with van der Waals surface area (Å²) in [5.74, 6) is 0. The molecule has 0 saturated carbocycles. The van der Waals surface area contributed by atoms with Crippen LogP contribution in [-0.4, -0.2) is 34.2 Å². The van der Waals surface area contributed by atoms with Gasteiger partial charge >= 0.3 is 6.09 Å². The summed E-state index contributed by atoms with van der Waals surface area (Å²) < 4.78 is 31.4. The molecule has 8 heteroatoms. The van der Waals surface area contributed by atoms with Crippen LogP contribution in [0.15, 0.2) is 23.1 Å². The van der Waals surface area contributed by atoms with Gasteiger partial charge in [0.05, 0.1) is 4.90 Å². The first-order valence-electron chi connectivity index (χ1n) is 6.28. The first kappa shape index (κ1) is 14.6. The Balaban J connectivity index is 2.11. The molecule has 1 aliphatic heterocycles. The topological polar surface area (TPSA) is 111 Å². The zero-order valence-corrected chi connectivity index (χ0v) is 11.7. The monoisotopic (exact) mass is 299 g/mol. The van der Waals surface area contributed by atoms with E-state index in [0.29, 0.717) is 0 Å². The normalized spacial score (nSPS) is 14.2. The van der Waals surface area contributed by atoms with Gasteiger partial charge in [-0.05, 0) is 30.5 Å². The van der Waals surface area contributed by atoms with Crippen molar-refractivity contribution in [3.8, 4) is 0 Å². The van der Waals surface area contributed by atoms with Crippen molar-refractivity contribution in [2.45, 2.75) is 17.7 Å². The summed E-state index contributed by atoms with van der Waals surface area (Å²) in [4.78, 5) is 10.7. The minimum absolute atomic E-state index is 0.0115. The van der Waals surface area contributed by atoms with Gasteiger partial charge in [0.2, 0.25) is 10.0 Å². The maximum absolute atomic E-state index is 12.2. The number of fused-ring (bicyclic) bond motifs is 1. The number of carbonyl (C=O) groups excluding carboxylic acids is 1. The number of nitrogens with two attached hydrogens (primary N) is 1. The summed E-state index contributed by atoms with van der Waals surface area (Å²) in [5.41, 5.74) is 6.45. The molecule has 0 bridgehead atoms. The third kappa shape index (κ3) is 3.40. The Morgan fingerprint density at radius 1 is 1.45 bits per heavy atom. The van der Waals surface area contributed by atoms with Crippen LogP contribution in [0.25, 0.3) is 0 Å². The van der Waals surface area contributed by atoms with Crippen molar-refractivity contribution in [1.82, 2.24) is 4.72 Å². The van der Waals surface area contributed by atoms with Gasteiger partial charge in [-0.3, -0.25) is 0 Å². The highest BCUT2D eigenvalue weighted by molar-refractivity contribution is 7.89. The van der Waals surface area contributed by atoms with E-state index >= 15 is 0 Å². The lowest BCUT2D eigenvalue weighted by atomic mass is 10.0. The molecule has 0 radical (unpaired) electrons. The Bertz CT molecular complexity index is 601. The van der Waals surface area contributed by atoms with Gasteiger partial charge in [0, 0.05) is 18.8 Å². The number of anilines is 1. The van der Waals surface area contributed by atoms with Crippen molar-refractivity contribution in [1.29, 1.82) is 0 Å². The molecule has 2 rings (SSSR count). The molecular weight excluding hydrogens is 282 g/mol. The van der Waals surface area contributed by atoms with Crippen LogP contribution in [0.3, 0.4) is 0 Å². The Morgan fingerprint density at radius 2 is 2.25 bits per heavy atom. The molecule has 7 nitrogen and oxygen atoms in total. The lowest BCUT2D eigenvalue weighted by Gasteiger charge is -2.20. The van der Waals surface area contributed by atoms with Crippen molar-refractivity contribution >= 4 is 21.8 Å². The number of nitrogens with one attached hydrogen (secondary N) is 2.